The van der Waals surface area contributed by atoms with E-state index in [0.717, 1.165) is 26.4 Å². The first-order chi connectivity index (χ1) is 10.1. The van der Waals surface area contributed by atoms with E-state index < -0.39 is 5.97 Å². The second-order valence-corrected chi connectivity index (χ2v) is 5.64. The highest BCUT2D eigenvalue weighted by Crippen LogP contribution is 2.31. The molecule has 5 heteroatoms. The van der Waals surface area contributed by atoms with Crippen LogP contribution in [0.15, 0.2) is 58.7 Å². The van der Waals surface area contributed by atoms with E-state index in [4.69, 9.17) is 5.11 Å². The van der Waals surface area contributed by atoms with Gasteiger partial charge in [0.2, 0.25) is 0 Å². The Hall–Kier alpha value is -2.40. The minimum Gasteiger partial charge on any atom is -0.478 e. The van der Waals surface area contributed by atoms with Crippen molar-refractivity contribution in [1.29, 1.82) is 0 Å². The van der Waals surface area contributed by atoms with Gasteiger partial charge in [0.05, 0.1) is 11.1 Å². The lowest BCUT2D eigenvalue weighted by Crippen LogP contribution is -1.99. The highest BCUT2D eigenvalue weighted by Gasteiger charge is 2.09. The molecule has 1 heterocycles. The van der Waals surface area contributed by atoms with Gasteiger partial charge in [0.25, 0.3) is 0 Å². The van der Waals surface area contributed by atoms with Crippen LogP contribution in [0.2, 0.25) is 0 Å². The molecule has 0 radical (unpaired) electrons. The van der Waals surface area contributed by atoms with E-state index in [9.17, 15) is 4.79 Å². The molecule has 0 unspecified atom stereocenters. The standard InChI is InChI=1S/C16H12N2O2S/c1-10-8-11(6-7-12(10)16(19)20)21-15-13-4-2-3-5-14(13)17-9-18-15/h2-9H,1H3,(H,19,20). The summed E-state index contributed by atoms with van der Waals surface area (Å²) in [5.41, 5.74) is 1.96. The van der Waals surface area contributed by atoms with Crippen LogP contribution in [0.5, 0.6) is 0 Å². The third kappa shape index (κ3) is 2.73. The number of carbonyl (C=O) groups is 1. The lowest BCUT2D eigenvalue weighted by Gasteiger charge is -2.06. The van der Waals surface area contributed by atoms with Gasteiger partial charge in [0.15, 0.2) is 0 Å². The Morgan fingerprint density at radius 2 is 1.95 bits per heavy atom. The molecular formula is C16H12N2O2S. The van der Waals surface area contributed by atoms with Gasteiger partial charge in [0.1, 0.15) is 11.4 Å². The summed E-state index contributed by atoms with van der Waals surface area (Å²) in [6.45, 7) is 1.80. The van der Waals surface area contributed by atoms with E-state index in [2.05, 4.69) is 9.97 Å². The molecule has 0 bridgehead atoms. The van der Waals surface area contributed by atoms with Crippen LogP contribution in [0.1, 0.15) is 15.9 Å². The molecule has 0 spiro atoms. The molecule has 0 atom stereocenters. The fourth-order valence-corrected chi connectivity index (χ4v) is 3.09. The van der Waals surface area contributed by atoms with Gasteiger partial charge >= 0.3 is 5.97 Å². The zero-order valence-corrected chi connectivity index (χ0v) is 12.1. The lowest BCUT2D eigenvalue weighted by molar-refractivity contribution is 0.0696. The minimum absolute atomic E-state index is 0.326. The lowest BCUT2D eigenvalue weighted by atomic mass is 10.1. The summed E-state index contributed by atoms with van der Waals surface area (Å²) in [6.07, 6.45) is 1.54. The Labute approximate surface area is 125 Å². The number of aromatic carboxylic acids is 1. The van der Waals surface area contributed by atoms with Crippen molar-refractivity contribution in [2.45, 2.75) is 16.8 Å². The number of rotatable bonds is 3. The fraction of sp³-hybridized carbons (Fsp3) is 0.0625. The molecule has 2 aromatic carbocycles. The SMILES string of the molecule is Cc1cc(Sc2ncnc3ccccc23)ccc1C(=O)O. The molecular weight excluding hydrogens is 284 g/mol. The Kier molecular flexibility index (Phi) is 3.58. The van der Waals surface area contributed by atoms with Crippen molar-refractivity contribution in [3.8, 4) is 0 Å². The van der Waals surface area contributed by atoms with Gasteiger partial charge in [-0.05, 0) is 36.8 Å². The van der Waals surface area contributed by atoms with E-state index in [-0.39, 0.29) is 0 Å². The van der Waals surface area contributed by atoms with Gasteiger partial charge in [-0.2, -0.15) is 0 Å². The third-order valence-corrected chi connectivity index (χ3v) is 4.16. The average Bonchev–Trinajstić information content (AvgIpc) is 2.47. The minimum atomic E-state index is -0.906. The molecule has 0 aliphatic rings. The number of fused-ring (bicyclic) bond motifs is 1. The topological polar surface area (TPSA) is 63.1 Å². The van der Waals surface area contributed by atoms with Gasteiger partial charge in [-0.15, -0.1) is 0 Å². The number of hydrogen-bond acceptors (Lipinski definition) is 4. The first-order valence-corrected chi connectivity index (χ1v) is 7.18. The maximum absolute atomic E-state index is 11.0. The largest absolute Gasteiger partial charge is 0.478 e. The van der Waals surface area contributed by atoms with Crippen LogP contribution in [0.3, 0.4) is 0 Å². The molecule has 0 fully saturated rings. The number of nitrogens with zero attached hydrogens (tertiary/aromatic N) is 2. The molecule has 0 saturated carbocycles. The number of carboxylic acids is 1. The molecule has 104 valence electrons. The molecule has 1 aromatic heterocycles. The smallest absolute Gasteiger partial charge is 0.335 e. The molecule has 1 N–H and O–H groups in total. The normalized spacial score (nSPS) is 10.7. The number of aryl methyl sites for hydroxylation is 1. The van der Waals surface area contributed by atoms with Crippen molar-refractivity contribution in [2.75, 3.05) is 0 Å². The number of hydrogen-bond donors (Lipinski definition) is 1. The molecule has 21 heavy (non-hydrogen) atoms. The highest BCUT2D eigenvalue weighted by atomic mass is 32.2. The van der Waals surface area contributed by atoms with E-state index in [0.29, 0.717) is 5.56 Å². The van der Waals surface area contributed by atoms with Crippen LogP contribution in [-0.4, -0.2) is 21.0 Å². The molecule has 0 saturated heterocycles. The van der Waals surface area contributed by atoms with Gasteiger partial charge in [-0.25, -0.2) is 14.8 Å². The predicted octanol–water partition coefficient (Wildman–Crippen LogP) is 3.79. The van der Waals surface area contributed by atoms with E-state index in [1.54, 1.807) is 25.4 Å². The summed E-state index contributed by atoms with van der Waals surface area (Å²) in [5.74, 6) is -0.906. The maximum Gasteiger partial charge on any atom is 0.335 e. The summed E-state index contributed by atoms with van der Waals surface area (Å²) in [6, 6.07) is 13.1. The van der Waals surface area contributed by atoms with E-state index in [1.807, 2.05) is 30.3 Å². The van der Waals surface area contributed by atoms with Crippen molar-refractivity contribution < 1.29 is 9.90 Å². The number of benzene rings is 2. The second-order valence-electron chi connectivity index (χ2n) is 4.58. The van der Waals surface area contributed by atoms with Crippen molar-refractivity contribution >= 4 is 28.6 Å². The van der Waals surface area contributed by atoms with Gasteiger partial charge in [-0.3, -0.25) is 0 Å². The third-order valence-electron chi connectivity index (χ3n) is 3.15. The summed E-state index contributed by atoms with van der Waals surface area (Å²) in [7, 11) is 0. The Balaban J connectivity index is 1.99. The molecule has 4 nitrogen and oxygen atoms in total. The Bertz CT molecular complexity index is 828. The first-order valence-electron chi connectivity index (χ1n) is 6.36. The number of para-hydroxylation sites is 1. The van der Waals surface area contributed by atoms with Crippen molar-refractivity contribution in [2.24, 2.45) is 0 Å². The van der Waals surface area contributed by atoms with Crippen molar-refractivity contribution in [1.82, 2.24) is 9.97 Å². The number of carboxylic acid groups (broad SMARTS) is 1. The quantitative estimate of drug-likeness (QED) is 0.745. The van der Waals surface area contributed by atoms with Crippen molar-refractivity contribution in [3.05, 3.63) is 59.9 Å². The van der Waals surface area contributed by atoms with E-state index >= 15 is 0 Å². The van der Waals surface area contributed by atoms with Crippen LogP contribution in [0, 0.1) is 6.92 Å². The Morgan fingerprint density at radius 3 is 2.71 bits per heavy atom. The maximum atomic E-state index is 11.0. The van der Waals surface area contributed by atoms with Gasteiger partial charge in [-0.1, -0.05) is 30.0 Å². The van der Waals surface area contributed by atoms with Crippen molar-refractivity contribution in [3.63, 3.8) is 0 Å². The summed E-state index contributed by atoms with van der Waals surface area (Å²) in [4.78, 5) is 20.6. The molecule has 0 aliphatic carbocycles. The van der Waals surface area contributed by atoms with Crippen LogP contribution in [0.4, 0.5) is 0 Å². The molecule has 3 rings (SSSR count). The van der Waals surface area contributed by atoms with Crippen LogP contribution < -0.4 is 0 Å². The average molecular weight is 296 g/mol. The summed E-state index contributed by atoms with van der Waals surface area (Å²) in [5, 5.41) is 10.9. The van der Waals surface area contributed by atoms with Gasteiger partial charge in [0, 0.05) is 10.3 Å². The van der Waals surface area contributed by atoms with Gasteiger partial charge < -0.3 is 5.11 Å². The number of aromatic nitrogens is 2. The fourth-order valence-electron chi connectivity index (χ4n) is 2.11. The van der Waals surface area contributed by atoms with Crippen LogP contribution >= 0.6 is 11.8 Å². The monoisotopic (exact) mass is 296 g/mol. The first kappa shape index (κ1) is 13.6. The van der Waals surface area contributed by atoms with Crippen LogP contribution in [0.25, 0.3) is 10.9 Å². The molecule has 0 amide bonds. The predicted molar refractivity (Wildman–Crippen MR) is 81.8 cm³/mol. The van der Waals surface area contributed by atoms with E-state index in [1.165, 1.54) is 11.8 Å². The molecule has 3 aromatic rings. The highest BCUT2D eigenvalue weighted by molar-refractivity contribution is 7.99. The Morgan fingerprint density at radius 1 is 1.14 bits per heavy atom. The second kappa shape index (κ2) is 5.54. The van der Waals surface area contributed by atoms with Crippen LogP contribution in [-0.2, 0) is 0 Å². The molecule has 0 aliphatic heterocycles. The zero-order chi connectivity index (χ0) is 14.8. The summed E-state index contributed by atoms with van der Waals surface area (Å²) >= 11 is 1.51. The zero-order valence-electron chi connectivity index (χ0n) is 11.3. The summed E-state index contributed by atoms with van der Waals surface area (Å²) < 4.78 is 0.